The van der Waals surface area contributed by atoms with Gasteiger partial charge in [-0.15, -0.1) is 5.10 Å². The van der Waals surface area contributed by atoms with Gasteiger partial charge in [0.25, 0.3) is 5.56 Å². The molecule has 0 radical (unpaired) electrons. The standard InChI is InChI=1S/C22H20ClFN4O2/c23-16-4-6-18(7-5-16)25-22(30)15-10-12-27(13-11-15)20-8-9-21(29)28(26-20)19-3-1-2-17(24)14-19/h1-9,14-15H,10-13H2,(H,25,30). The summed E-state index contributed by atoms with van der Waals surface area (Å²) in [6.07, 6.45) is 1.33. The van der Waals surface area contributed by atoms with Crippen LogP contribution in [0.15, 0.2) is 65.5 Å². The number of aromatic nitrogens is 2. The number of amides is 1. The Labute approximate surface area is 177 Å². The lowest BCUT2D eigenvalue weighted by molar-refractivity contribution is -0.120. The fourth-order valence-corrected chi connectivity index (χ4v) is 3.64. The third kappa shape index (κ3) is 4.52. The van der Waals surface area contributed by atoms with Gasteiger partial charge in [-0.2, -0.15) is 4.68 Å². The molecule has 4 rings (SSSR count). The SMILES string of the molecule is O=C(Nc1ccc(Cl)cc1)C1CCN(c2ccc(=O)n(-c3cccc(F)c3)n2)CC1. The van der Waals surface area contributed by atoms with Crippen LogP contribution in [0.2, 0.25) is 5.02 Å². The maximum atomic E-state index is 13.5. The van der Waals surface area contributed by atoms with E-state index in [1.165, 1.54) is 28.9 Å². The van der Waals surface area contributed by atoms with E-state index in [-0.39, 0.29) is 17.4 Å². The summed E-state index contributed by atoms with van der Waals surface area (Å²) in [7, 11) is 0. The molecule has 2 heterocycles. The minimum absolute atomic E-state index is 0.0188. The van der Waals surface area contributed by atoms with Crippen LogP contribution in [0.3, 0.4) is 0 Å². The number of nitrogens with zero attached hydrogens (tertiary/aromatic N) is 3. The summed E-state index contributed by atoms with van der Waals surface area (Å²) in [4.78, 5) is 26.8. The fraction of sp³-hybridized carbons (Fsp3) is 0.227. The summed E-state index contributed by atoms with van der Waals surface area (Å²) in [6, 6.07) is 15.9. The zero-order valence-corrected chi connectivity index (χ0v) is 16.8. The first-order valence-corrected chi connectivity index (χ1v) is 10.0. The fourth-order valence-electron chi connectivity index (χ4n) is 3.51. The average Bonchev–Trinajstić information content (AvgIpc) is 2.76. The molecular formula is C22H20ClFN4O2. The number of anilines is 2. The van der Waals surface area contributed by atoms with Crippen LogP contribution in [-0.2, 0) is 4.79 Å². The molecule has 0 unspecified atom stereocenters. The summed E-state index contributed by atoms with van der Waals surface area (Å²) >= 11 is 5.87. The Morgan fingerprint density at radius 2 is 1.80 bits per heavy atom. The highest BCUT2D eigenvalue weighted by Gasteiger charge is 2.26. The number of halogens is 2. The van der Waals surface area contributed by atoms with Crippen LogP contribution < -0.4 is 15.8 Å². The lowest BCUT2D eigenvalue weighted by atomic mass is 9.96. The van der Waals surface area contributed by atoms with Gasteiger partial charge >= 0.3 is 0 Å². The van der Waals surface area contributed by atoms with E-state index < -0.39 is 5.82 Å². The second-order valence-electron chi connectivity index (χ2n) is 7.18. The molecule has 1 N–H and O–H groups in total. The van der Waals surface area contributed by atoms with Crippen molar-refractivity contribution in [1.82, 2.24) is 9.78 Å². The first-order chi connectivity index (χ1) is 14.5. The van der Waals surface area contributed by atoms with Crippen LogP contribution in [0.1, 0.15) is 12.8 Å². The Balaban J connectivity index is 1.43. The van der Waals surface area contributed by atoms with Gasteiger partial charge in [0.15, 0.2) is 0 Å². The highest BCUT2D eigenvalue weighted by Crippen LogP contribution is 2.23. The summed E-state index contributed by atoms with van der Waals surface area (Å²) in [5.74, 6) is 0.0650. The van der Waals surface area contributed by atoms with Crippen molar-refractivity contribution in [2.75, 3.05) is 23.3 Å². The number of hydrogen-bond donors (Lipinski definition) is 1. The highest BCUT2D eigenvalue weighted by atomic mass is 35.5. The number of piperidine rings is 1. The molecule has 1 saturated heterocycles. The van der Waals surface area contributed by atoms with Gasteiger partial charge in [0.2, 0.25) is 5.91 Å². The van der Waals surface area contributed by atoms with Crippen molar-refractivity contribution in [2.24, 2.45) is 5.92 Å². The Bertz CT molecular complexity index is 1110. The van der Waals surface area contributed by atoms with Gasteiger partial charge in [0, 0.05) is 35.8 Å². The van der Waals surface area contributed by atoms with Gasteiger partial charge in [-0.25, -0.2) is 4.39 Å². The molecule has 2 aromatic carbocycles. The van der Waals surface area contributed by atoms with Gasteiger partial charge in [-0.3, -0.25) is 9.59 Å². The first kappa shape index (κ1) is 20.1. The van der Waals surface area contributed by atoms with Crippen LogP contribution in [0.5, 0.6) is 0 Å². The number of rotatable bonds is 4. The van der Waals surface area contributed by atoms with Crippen molar-refractivity contribution in [3.8, 4) is 5.69 Å². The molecule has 6 nitrogen and oxygen atoms in total. The van der Waals surface area contributed by atoms with Gasteiger partial charge in [0.1, 0.15) is 11.6 Å². The van der Waals surface area contributed by atoms with Gasteiger partial charge in [-0.1, -0.05) is 17.7 Å². The molecular weight excluding hydrogens is 407 g/mol. The highest BCUT2D eigenvalue weighted by molar-refractivity contribution is 6.30. The number of carbonyl (C=O) groups is 1. The lowest BCUT2D eigenvalue weighted by Gasteiger charge is -2.32. The van der Waals surface area contributed by atoms with Crippen LogP contribution in [0.25, 0.3) is 5.69 Å². The zero-order valence-electron chi connectivity index (χ0n) is 16.1. The van der Waals surface area contributed by atoms with Crippen molar-refractivity contribution in [3.63, 3.8) is 0 Å². The molecule has 0 atom stereocenters. The summed E-state index contributed by atoms with van der Waals surface area (Å²) in [5.41, 5.74) is 0.760. The van der Waals surface area contributed by atoms with E-state index in [2.05, 4.69) is 10.4 Å². The summed E-state index contributed by atoms with van der Waals surface area (Å²) in [5, 5.41) is 7.95. The molecule has 1 fully saturated rings. The Morgan fingerprint density at radius 1 is 1.07 bits per heavy atom. The minimum Gasteiger partial charge on any atom is -0.355 e. The van der Waals surface area contributed by atoms with Crippen molar-refractivity contribution < 1.29 is 9.18 Å². The molecule has 30 heavy (non-hydrogen) atoms. The molecule has 0 spiro atoms. The van der Waals surface area contributed by atoms with Crippen LogP contribution >= 0.6 is 11.6 Å². The predicted octanol–water partition coefficient (Wildman–Crippen LogP) is 3.88. The first-order valence-electron chi connectivity index (χ1n) is 9.67. The van der Waals surface area contributed by atoms with Crippen molar-refractivity contribution in [1.29, 1.82) is 0 Å². The van der Waals surface area contributed by atoms with Gasteiger partial charge in [-0.05, 0) is 61.4 Å². The maximum Gasteiger partial charge on any atom is 0.271 e. The van der Waals surface area contributed by atoms with E-state index in [9.17, 15) is 14.0 Å². The van der Waals surface area contributed by atoms with Crippen molar-refractivity contribution in [3.05, 3.63) is 81.9 Å². The van der Waals surface area contributed by atoms with Gasteiger partial charge < -0.3 is 10.2 Å². The molecule has 1 aromatic heterocycles. The molecule has 154 valence electrons. The minimum atomic E-state index is -0.431. The van der Waals surface area contributed by atoms with Crippen LogP contribution in [-0.4, -0.2) is 28.8 Å². The largest absolute Gasteiger partial charge is 0.355 e. The van der Waals surface area contributed by atoms with E-state index in [1.807, 2.05) is 4.90 Å². The second kappa shape index (κ2) is 8.67. The third-order valence-electron chi connectivity index (χ3n) is 5.14. The summed E-state index contributed by atoms with van der Waals surface area (Å²) < 4.78 is 14.7. The summed E-state index contributed by atoms with van der Waals surface area (Å²) in [6.45, 7) is 1.26. The molecule has 1 amide bonds. The zero-order chi connectivity index (χ0) is 21.1. The van der Waals surface area contributed by atoms with E-state index in [1.54, 1.807) is 36.4 Å². The Kier molecular flexibility index (Phi) is 5.81. The van der Waals surface area contributed by atoms with E-state index in [0.29, 0.717) is 42.5 Å². The van der Waals surface area contributed by atoms with Gasteiger partial charge in [0.05, 0.1) is 5.69 Å². The average molecular weight is 427 g/mol. The Morgan fingerprint density at radius 3 is 2.50 bits per heavy atom. The number of hydrogen-bond acceptors (Lipinski definition) is 4. The lowest BCUT2D eigenvalue weighted by Crippen LogP contribution is -2.39. The van der Waals surface area contributed by atoms with Crippen molar-refractivity contribution in [2.45, 2.75) is 12.8 Å². The maximum absolute atomic E-state index is 13.5. The molecule has 8 heteroatoms. The molecule has 1 aliphatic rings. The second-order valence-corrected chi connectivity index (χ2v) is 7.62. The Hall–Kier alpha value is -3.19. The topological polar surface area (TPSA) is 67.2 Å². The van der Waals surface area contributed by atoms with Crippen molar-refractivity contribution >= 4 is 29.0 Å². The molecule has 0 aliphatic carbocycles. The molecule has 0 saturated carbocycles. The van der Waals surface area contributed by atoms with E-state index >= 15 is 0 Å². The predicted molar refractivity (Wildman–Crippen MR) is 115 cm³/mol. The third-order valence-corrected chi connectivity index (χ3v) is 5.39. The molecule has 3 aromatic rings. The number of nitrogens with one attached hydrogen (secondary N) is 1. The number of carbonyl (C=O) groups excluding carboxylic acids is 1. The molecule has 0 bridgehead atoms. The van der Waals surface area contributed by atoms with E-state index in [4.69, 9.17) is 11.6 Å². The monoisotopic (exact) mass is 426 g/mol. The molecule has 1 aliphatic heterocycles. The smallest absolute Gasteiger partial charge is 0.271 e. The normalized spacial score (nSPS) is 14.5. The quantitative estimate of drug-likeness (QED) is 0.687. The van der Waals surface area contributed by atoms with E-state index in [0.717, 1.165) is 5.69 Å². The number of benzene rings is 2. The van der Waals surface area contributed by atoms with Crippen LogP contribution in [0.4, 0.5) is 15.9 Å². The van der Waals surface area contributed by atoms with Crippen LogP contribution in [0, 0.1) is 11.7 Å².